The number of aromatic nitrogens is 1. The molecule has 1 aliphatic rings. The van der Waals surface area contributed by atoms with Crippen LogP contribution >= 0.6 is 0 Å². The standard InChI is InChI=1S/C15H15NO5/c1-8(17)20-13-7-11-14(18)10-6-9(19-3)4-5-12(10)16(2)15(11)21-13/h4-6,13H,7H2,1-3H3. The van der Waals surface area contributed by atoms with E-state index < -0.39 is 12.3 Å². The largest absolute Gasteiger partial charge is 0.497 e. The highest BCUT2D eigenvalue weighted by atomic mass is 16.7. The Morgan fingerprint density at radius 2 is 2.19 bits per heavy atom. The molecule has 0 N–H and O–H groups in total. The van der Waals surface area contributed by atoms with E-state index >= 15 is 0 Å². The maximum absolute atomic E-state index is 12.6. The van der Waals surface area contributed by atoms with E-state index in [1.807, 2.05) is 7.05 Å². The van der Waals surface area contributed by atoms with E-state index in [-0.39, 0.29) is 11.8 Å². The Bertz CT molecular complexity index is 793. The number of rotatable bonds is 2. The summed E-state index contributed by atoms with van der Waals surface area (Å²) in [5, 5.41) is 0.558. The van der Waals surface area contributed by atoms with Crippen molar-refractivity contribution in [3.05, 3.63) is 34.0 Å². The Morgan fingerprint density at radius 3 is 2.86 bits per heavy atom. The Labute approximate surface area is 120 Å². The molecule has 0 saturated heterocycles. The monoisotopic (exact) mass is 289 g/mol. The minimum Gasteiger partial charge on any atom is -0.497 e. The van der Waals surface area contributed by atoms with Gasteiger partial charge in [0.15, 0.2) is 5.43 Å². The summed E-state index contributed by atoms with van der Waals surface area (Å²) in [6, 6.07) is 5.29. The fourth-order valence-corrected chi connectivity index (χ4v) is 2.60. The third-order valence-corrected chi connectivity index (χ3v) is 3.56. The van der Waals surface area contributed by atoms with Crippen molar-refractivity contribution in [2.75, 3.05) is 7.11 Å². The van der Waals surface area contributed by atoms with Gasteiger partial charge in [-0.05, 0) is 18.2 Å². The molecular formula is C15H15NO5. The van der Waals surface area contributed by atoms with Crippen molar-refractivity contribution in [2.24, 2.45) is 7.05 Å². The number of ether oxygens (including phenoxy) is 3. The van der Waals surface area contributed by atoms with Crippen LogP contribution in [0.15, 0.2) is 23.0 Å². The van der Waals surface area contributed by atoms with Crippen LogP contribution in [0.4, 0.5) is 0 Å². The van der Waals surface area contributed by atoms with Crippen molar-refractivity contribution in [2.45, 2.75) is 19.6 Å². The van der Waals surface area contributed by atoms with Crippen LogP contribution in [-0.2, 0) is 23.0 Å². The van der Waals surface area contributed by atoms with Gasteiger partial charge in [0, 0.05) is 19.4 Å². The summed E-state index contributed by atoms with van der Waals surface area (Å²) in [6.45, 7) is 1.31. The molecule has 0 spiro atoms. The lowest BCUT2D eigenvalue weighted by Gasteiger charge is -2.13. The zero-order valence-corrected chi connectivity index (χ0v) is 12.0. The molecule has 21 heavy (non-hydrogen) atoms. The molecule has 6 heteroatoms. The van der Waals surface area contributed by atoms with Crippen molar-refractivity contribution in [1.82, 2.24) is 4.57 Å². The summed E-state index contributed by atoms with van der Waals surface area (Å²) in [7, 11) is 3.36. The second-order valence-corrected chi connectivity index (χ2v) is 4.92. The summed E-state index contributed by atoms with van der Waals surface area (Å²) in [6.07, 6.45) is -0.482. The first kappa shape index (κ1) is 13.5. The number of carbonyl (C=O) groups is 1. The molecule has 3 rings (SSSR count). The van der Waals surface area contributed by atoms with Crippen molar-refractivity contribution < 1.29 is 19.0 Å². The van der Waals surface area contributed by atoms with E-state index in [0.29, 0.717) is 22.6 Å². The van der Waals surface area contributed by atoms with Gasteiger partial charge in [0.1, 0.15) is 5.75 Å². The topological polar surface area (TPSA) is 66.8 Å². The maximum atomic E-state index is 12.6. The van der Waals surface area contributed by atoms with Crippen LogP contribution in [0.2, 0.25) is 0 Å². The fourth-order valence-electron chi connectivity index (χ4n) is 2.60. The van der Waals surface area contributed by atoms with Gasteiger partial charge in [-0.15, -0.1) is 0 Å². The quantitative estimate of drug-likeness (QED) is 0.781. The third-order valence-electron chi connectivity index (χ3n) is 3.56. The SMILES string of the molecule is COc1ccc2c(c1)c(=O)c1c(n2C)OC(OC(C)=O)C1. The van der Waals surface area contributed by atoms with E-state index in [4.69, 9.17) is 14.2 Å². The Hall–Kier alpha value is -2.50. The molecule has 6 nitrogen and oxygen atoms in total. The highest BCUT2D eigenvalue weighted by Crippen LogP contribution is 2.30. The maximum Gasteiger partial charge on any atom is 0.305 e. The smallest absolute Gasteiger partial charge is 0.305 e. The van der Waals surface area contributed by atoms with E-state index in [0.717, 1.165) is 5.52 Å². The van der Waals surface area contributed by atoms with Gasteiger partial charge in [-0.3, -0.25) is 9.59 Å². The molecule has 1 aliphatic heterocycles. The molecule has 1 aromatic heterocycles. The number of nitrogens with zero attached hydrogens (tertiary/aromatic N) is 1. The molecule has 0 fully saturated rings. The molecule has 1 aromatic carbocycles. The molecule has 0 radical (unpaired) electrons. The van der Waals surface area contributed by atoms with Crippen LogP contribution < -0.4 is 14.9 Å². The molecular weight excluding hydrogens is 274 g/mol. The Morgan fingerprint density at radius 1 is 1.43 bits per heavy atom. The summed E-state index contributed by atoms with van der Waals surface area (Å²) in [5.41, 5.74) is 1.14. The number of esters is 1. The first-order valence-corrected chi connectivity index (χ1v) is 6.54. The average molecular weight is 289 g/mol. The van der Waals surface area contributed by atoms with E-state index in [2.05, 4.69) is 0 Å². The van der Waals surface area contributed by atoms with E-state index in [9.17, 15) is 9.59 Å². The van der Waals surface area contributed by atoms with Crippen molar-refractivity contribution >= 4 is 16.9 Å². The van der Waals surface area contributed by atoms with Gasteiger partial charge in [-0.1, -0.05) is 0 Å². The van der Waals surface area contributed by atoms with Crippen LogP contribution in [0.25, 0.3) is 10.9 Å². The van der Waals surface area contributed by atoms with Crippen LogP contribution in [0.3, 0.4) is 0 Å². The van der Waals surface area contributed by atoms with Gasteiger partial charge < -0.3 is 18.8 Å². The zero-order chi connectivity index (χ0) is 15.1. The number of methoxy groups -OCH3 is 1. The van der Waals surface area contributed by atoms with Crippen LogP contribution in [0.5, 0.6) is 11.6 Å². The molecule has 1 unspecified atom stereocenters. The normalized spacial score (nSPS) is 16.4. The summed E-state index contributed by atoms with van der Waals surface area (Å²) < 4.78 is 17.6. The predicted octanol–water partition coefficient (Wildman–Crippen LogP) is 1.37. The number of pyridine rings is 1. The number of aryl methyl sites for hydroxylation is 1. The fraction of sp³-hybridized carbons (Fsp3) is 0.333. The number of hydrogen-bond acceptors (Lipinski definition) is 5. The van der Waals surface area contributed by atoms with Gasteiger partial charge in [-0.2, -0.15) is 0 Å². The van der Waals surface area contributed by atoms with Gasteiger partial charge in [0.2, 0.25) is 12.2 Å². The molecule has 0 aliphatic carbocycles. The minimum atomic E-state index is -0.741. The lowest BCUT2D eigenvalue weighted by Crippen LogP contribution is -2.21. The van der Waals surface area contributed by atoms with Crippen LogP contribution in [-0.4, -0.2) is 23.9 Å². The second-order valence-electron chi connectivity index (χ2n) is 4.92. The molecule has 0 bridgehead atoms. The third kappa shape index (κ3) is 2.12. The lowest BCUT2D eigenvalue weighted by atomic mass is 10.1. The van der Waals surface area contributed by atoms with Crippen molar-refractivity contribution in [1.29, 1.82) is 0 Å². The molecule has 2 heterocycles. The first-order valence-electron chi connectivity index (χ1n) is 6.54. The predicted molar refractivity (Wildman–Crippen MR) is 75.6 cm³/mol. The summed E-state index contributed by atoms with van der Waals surface area (Å²) in [5.74, 6) is 0.632. The number of hydrogen-bond donors (Lipinski definition) is 0. The van der Waals surface area contributed by atoms with E-state index in [1.54, 1.807) is 29.9 Å². The Kier molecular flexibility index (Phi) is 3.08. The number of fused-ring (bicyclic) bond motifs is 2. The average Bonchev–Trinajstić information content (AvgIpc) is 2.87. The van der Waals surface area contributed by atoms with E-state index in [1.165, 1.54) is 6.92 Å². The number of benzene rings is 1. The Balaban J connectivity index is 2.17. The van der Waals surface area contributed by atoms with Gasteiger partial charge in [-0.25, -0.2) is 0 Å². The summed E-state index contributed by atoms with van der Waals surface area (Å²) in [4.78, 5) is 23.6. The summed E-state index contributed by atoms with van der Waals surface area (Å²) >= 11 is 0. The molecule has 0 saturated carbocycles. The van der Waals surface area contributed by atoms with Gasteiger partial charge in [0.05, 0.1) is 24.6 Å². The highest BCUT2D eigenvalue weighted by molar-refractivity contribution is 5.82. The molecule has 110 valence electrons. The van der Waals surface area contributed by atoms with Crippen LogP contribution in [0.1, 0.15) is 12.5 Å². The van der Waals surface area contributed by atoms with Gasteiger partial charge >= 0.3 is 5.97 Å². The second kappa shape index (κ2) is 4.80. The molecule has 1 atom stereocenters. The molecule has 0 amide bonds. The highest BCUT2D eigenvalue weighted by Gasteiger charge is 2.30. The van der Waals surface area contributed by atoms with Crippen molar-refractivity contribution in [3.63, 3.8) is 0 Å². The first-order chi connectivity index (χ1) is 10.0. The van der Waals surface area contributed by atoms with Crippen LogP contribution in [0, 0.1) is 0 Å². The minimum absolute atomic E-state index is 0.119. The van der Waals surface area contributed by atoms with Crippen molar-refractivity contribution in [3.8, 4) is 11.6 Å². The zero-order valence-electron chi connectivity index (χ0n) is 12.0. The number of carbonyl (C=O) groups excluding carboxylic acids is 1. The molecule has 2 aromatic rings. The lowest BCUT2D eigenvalue weighted by molar-refractivity contribution is -0.158. The van der Waals surface area contributed by atoms with Gasteiger partial charge in [0.25, 0.3) is 0 Å².